The van der Waals surface area contributed by atoms with Crippen LogP contribution < -0.4 is 5.43 Å². The van der Waals surface area contributed by atoms with Crippen LogP contribution in [0.1, 0.15) is 27.9 Å². The Morgan fingerprint density at radius 1 is 0.909 bits per heavy atom. The van der Waals surface area contributed by atoms with Gasteiger partial charge in [0, 0.05) is 37.8 Å². The Kier molecular flexibility index (Phi) is 4.93. The van der Waals surface area contributed by atoms with Crippen LogP contribution in [0.2, 0.25) is 0 Å². The van der Waals surface area contributed by atoms with Crippen molar-refractivity contribution >= 4 is 27.6 Å². The van der Waals surface area contributed by atoms with Gasteiger partial charge >= 0.3 is 0 Å². The summed E-state index contributed by atoms with van der Waals surface area (Å²) in [4.78, 5) is 35.9. The van der Waals surface area contributed by atoms with Gasteiger partial charge in [0.15, 0.2) is 5.43 Å². The minimum absolute atomic E-state index is 0.126. The third kappa shape index (κ3) is 3.32. The summed E-state index contributed by atoms with van der Waals surface area (Å²) in [5.74, 6) is -0.137. The number of benzene rings is 2. The van der Waals surface area contributed by atoms with Crippen molar-refractivity contribution in [1.82, 2.24) is 14.8 Å². The summed E-state index contributed by atoms with van der Waals surface area (Å²) in [7, 11) is 0. The summed E-state index contributed by atoms with van der Waals surface area (Å²) in [6.07, 6.45) is 1.69. The third-order valence-electron chi connectivity index (χ3n) is 6.59. The quantitative estimate of drug-likeness (QED) is 0.453. The van der Waals surface area contributed by atoms with E-state index in [4.69, 9.17) is 9.15 Å². The molecule has 0 spiro atoms. The zero-order valence-electron chi connectivity index (χ0n) is 18.1. The molecule has 2 aliphatic heterocycles. The van der Waals surface area contributed by atoms with Gasteiger partial charge in [-0.2, -0.15) is 0 Å². The molecule has 2 aromatic carbocycles. The first-order valence-electron chi connectivity index (χ1n) is 11.2. The second kappa shape index (κ2) is 8.10. The molecule has 0 aliphatic carbocycles. The van der Waals surface area contributed by atoms with Gasteiger partial charge in [0.05, 0.1) is 29.9 Å². The van der Waals surface area contributed by atoms with Crippen LogP contribution in [0, 0.1) is 0 Å². The van der Waals surface area contributed by atoms with Crippen LogP contribution in [0.25, 0.3) is 21.7 Å². The van der Waals surface area contributed by atoms with Crippen LogP contribution in [0.3, 0.4) is 0 Å². The van der Waals surface area contributed by atoms with Crippen molar-refractivity contribution in [2.75, 3.05) is 39.4 Å². The van der Waals surface area contributed by atoms with Crippen molar-refractivity contribution in [3.63, 3.8) is 0 Å². The predicted octanol–water partition coefficient (Wildman–Crippen LogP) is 3.22. The van der Waals surface area contributed by atoms with E-state index in [0.29, 0.717) is 48.5 Å². The molecule has 0 radical (unpaired) electrons. The molecule has 2 aromatic heterocycles. The number of carbonyl (C=O) groups excluding carboxylic acids is 1. The Hall–Kier alpha value is -3.55. The van der Waals surface area contributed by atoms with E-state index in [1.54, 1.807) is 17.2 Å². The molecule has 166 valence electrons. The molecule has 1 amide bonds. The maximum Gasteiger partial charge on any atom is 0.291 e. The minimum Gasteiger partial charge on any atom is -0.450 e. The summed E-state index contributed by atoms with van der Waals surface area (Å²) in [6, 6.07) is 16.4. The first kappa shape index (κ1) is 20.1. The van der Waals surface area contributed by atoms with E-state index in [-0.39, 0.29) is 17.1 Å². The molecule has 33 heavy (non-hydrogen) atoms. The number of ether oxygens (including phenoxy) is 1. The molecule has 1 saturated heterocycles. The molecule has 7 heteroatoms. The molecule has 2 aliphatic rings. The standard InChI is InChI=1S/C26H23N3O4/c30-23-19-9-8-17-5-1-2-6-18(17)24(19)33-25-21(23)22(20-7-3-4-10-27-20)29(26(25)31)12-11-28-13-15-32-16-14-28/h1-10,22H,11-16H2. The Balaban J connectivity index is 1.50. The number of amides is 1. The van der Waals surface area contributed by atoms with Gasteiger partial charge in [-0.3, -0.25) is 19.5 Å². The monoisotopic (exact) mass is 441 g/mol. The topological polar surface area (TPSA) is 75.9 Å². The number of aromatic nitrogens is 1. The number of fused-ring (bicyclic) bond motifs is 4. The highest BCUT2D eigenvalue weighted by Crippen LogP contribution is 2.38. The molecule has 6 rings (SSSR count). The van der Waals surface area contributed by atoms with Crippen molar-refractivity contribution in [3.8, 4) is 0 Å². The molecule has 4 aromatic rings. The Bertz CT molecular complexity index is 1410. The van der Waals surface area contributed by atoms with E-state index >= 15 is 0 Å². The van der Waals surface area contributed by atoms with Gasteiger partial charge in [-0.05, 0) is 23.6 Å². The zero-order chi connectivity index (χ0) is 22.4. The number of rotatable bonds is 4. The molecule has 7 nitrogen and oxygen atoms in total. The molecular formula is C26H23N3O4. The maximum atomic E-state index is 13.8. The molecule has 1 unspecified atom stereocenters. The molecule has 1 fully saturated rings. The first-order valence-corrected chi connectivity index (χ1v) is 11.2. The average molecular weight is 441 g/mol. The van der Waals surface area contributed by atoms with Crippen LogP contribution in [0.15, 0.2) is 70.0 Å². The lowest BCUT2D eigenvalue weighted by molar-refractivity contribution is 0.0314. The second-order valence-corrected chi connectivity index (χ2v) is 8.45. The van der Waals surface area contributed by atoms with Gasteiger partial charge in [-0.15, -0.1) is 0 Å². The highest BCUT2D eigenvalue weighted by Gasteiger charge is 2.43. The number of hydrogen-bond donors (Lipinski definition) is 0. The normalized spacial score (nSPS) is 18.8. The molecule has 0 saturated carbocycles. The Morgan fingerprint density at radius 3 is 2.55 bits per heavy atom. The van der Waals surface area contributed by atoms with Crippen molar-refractivity contribution in [2.45, 2.75) is 6.04 Å². The van der Waals surface area contributed by atoms with Crippen LogP contribution in [-0.4, -0.2) is 60.1 Å². The van der Waals surface area contributed by atoms with Gasteiger partial charge in [-0.25, -0.2) is 0 Å². The SMILES string of the molecule is O=C1c2oc3c(ccc4ccccc43)c(=O)c2C(c2ccccn2)N1CCN1CCOCC1. The fraction of sp³-hybridized carbons (Fsp3) is 0.269. The van der Waals surface area contributed by atoms with Crippen LogP contribution in [-0.2, 0) is 4.74 Å². The predicted molar refractivity (Wildman–Crippen MR) is 124 cm³/mol. The van der Waals surface area contributed by atoms with E-state index in [1.807, 2.05) is 48.5 Å². The minimum atomic E-state index is -0.568. The van der Waals surface area contributed by atoms with Gasteiger partial charge in [0.2, 0.25) is 5.76 Å². The lowest BCUT2D eigenvalue weighted by Crippen LogP contribution is -2.42. The molecule has 1 atom stereocenters. The summed E-state index contributed by atoms with van der Waals surface area (Å²) < 4.78 is 11.7. The Labute approximate surface area is 190 Å². The lowest BCUT2D eigenvalue weighted by atomic mass is 10.0. The number of pyridine rings is 1. The summed E-state index contributed by atoms with van der Waals surface area (Å²) in [6.45, 7) is 4.21. The molecule has 0 N–H and O–H groups in total. The number of hydrogen-bond acceptors (Lipinski definition) is 6. The third-order valence-corrected chi connectivity index (χ3v) is 6.59. The van der Waals surface area contributed by atoms with Crippen molar-refractivity contribution in [2.24, 2.45) is 0 Å². The van der Waals surface area contributed by atoms with Crippen LogP contribution >= 0.6 is 0 Å². The fourth-order valence-corrected chi connectivity index (χ4v) is 4.90. The average Bonchev–Trinajstić information content (AvgIpc) is 3.15. The molecular weight excluding hydrogens is 418 g/mol. The smallest absolute Gasteiger partial charge is 0.291 e. The Morgan fingerprint density at radius 2 is 1.73 bits per heavy atom. The van der Waals surface area contributed by atoms with Gasteiger partial charge in [0.25, 0.3) is 5.91 Å². The van der Waals surface area contributed by atoms with Crippen LogP contribution in [0.4, 0.5) is 0 Å². The highest BCUT2D eigenvalue weighted by molar-refractivity contribution is 6.06. The summed E-state index contributed by atoms with van der Waals surface area (Å²) >= 11 is 0. The molecule has 0 bridgehead atoms. The van der Waals surface area contributed by atoms with E-state index in [0.717, 1.165) is 23.9 Å². The van der Waals surface area contributed by atoms with Crippen molar-refractivity contribution in [1.29, 1.82) is 0 Å². The second-order valence-electron chi connectivity index (χ2n) is 8.45. The molecule has 4 heterocycles. The highest BCUT2D eigenvalue weighted by atomic mass is 16.5. The van der Waals surface area contributed by atoms with E-state index in [2.05, 4.69) is 9.88 Å². The number of nitrogens with zero attached hydrogens (tertiary/aromatic N) is 3. The first-order chi connectivity index (χ1) is 16.2. The summed E-state index contributed by atoms with van der Waals surface area (Å²) in [5, 5.41) is 2.27. The largest absolute Gasteiger partial charge is 0.450 e. The van der Waals surface area contributed by atoms with Gasteiger partial charge in [0.1, 0.15) is 11.6 Å². The fourth-order valence-electron chi connectivity index (χ4n) is 4.90. The van der Waals surface area contributed by atoms with E-state index in [1.165, 1.54) is 0 Å². The van der Waals surface area contributed by atoms with Crippen molar-refractivity contribution in [3.05, 3.63) is 88.0 Å². The maximum absolute atomic E-state index is 13.8. The number of carbonyl (C=O) groups is 1. The van der Waals surface area contributed by atoms with Crippen molar-refractivity contribution < 1.29 is 13.9 Å². The van der Waals surface area contributed by atoms with Gasteiger partial charge < -0.3 is 14.1 Å². The van der Waals surface area contributed by atoms with E-state index < -0.39 is 6.04 Å². The van der Waals surface area contributed by atoms with E-state index in [9.17, 15) is 9.59 Å². The lowest BCUT2D eigenvalue weighted by Gasteiger charge is -2.30. The van der Waals surface area contributed by atoms with Gasteiger partial charge in [-0.1, -0.05) is 36.4 Å². The van der Waals surface area contributed by atoms with Crippen LogP contribution in [0.5, 0.6) is 0 Å². The summed E-state index contributed by atoms with van der Waals surface area (Å²) in [5.41, 5.74) is 1.33. The zero-order valence-corrected chi connectivity index (χ0v) is 18.1. The number of morpholine rings is 1.